The van der Waals surface area contributed by atoms with Crippen molar-refractivity contribution in [1.29, 1.82) is 0 Å². The van der Waals surface area contributed by atoms with E-state index in [1.54, 1.807) is 24.3 Å². The maximum atomic E-state index is 13.2. The maximum absolute atomic E-state index is 13.2. The van der Waals surface area contributed by atoms with E-state index in [-0.39, 0.29) is 17.9 Å². The molecule has 2 aromatic rings. The summed E-state index contributed by atoms with van der Waals surface area (Å²) in [6.07, 6.45) is 0.353. The summed E-state index contributed by atoms with van der Waals surface area (Å²) in [5.41, 5.74) is 6.75. The predicted octanol–water partition coefficient (Wildman–Crippen LogP) is 1.39. The molecule has 7 nitrogen and oxygen atoms in total. The lowest BCUT2D eigenvalue weighted by molar-refractivity contribution is -0.148. The molecule has 2 N–H and O–H groups in total. The maximum Gasteiger partial charge on any atom is 0.308 e. The second-order valence-electron chi connectivity index (χ2n) is 6.22. The summed E-state index contributed by atoms with van der Waals surface area (Å²) in [6.45, 7) is -0.277. The Morgan fingerprint density at radius 2 is 1.74 bits per heavy atom. The van der Waals surface area contributed by atoms with Crippen molar-refractivity contribution >= 4 is 21.9 Å². The van der Waals surface area contributed by atoms with E-state index < -0.39 is 34.5 Å². The molecule has 1 aliphatic heterocycles. The van der Waals surface area contributed by atoms with E-state index in [1.807, 2.05) is 18.2 Å². The van der Waals surface area contributed by atoms with Crippen LogP contribution < -0.4 is 5.73 Å². The van der Waals surface area contributed by atoms with Gasteiger partial charge in [0.05, 0.1) is 17.4 Å². The first-order valence-electron chi connectivity index (χ1n) is 8.48. The molecule has 2 aromatic carbocycles. The van der Waals surface area contributed by atoms with Gasteiger partial charge in [0.2, 0.25) is 10.0 Å². The highest BCUT2D eigenvalue weighted by molar-refractivity contribution is 7.89. The monoisotopic (exact) mass is 388 g/mol. The van der Waals surface area contributed by atoms with E-state index in [9.17, 15) is 18.0 Å². The van der Waals surface area contributed by atoms with Gasteiger partial charge < -0.3 is 10.5 Å². The lowest BCUT2D eigenvalue weighted by atomic mass is 9.92. The van der Waals surface area contributed by atoms with Crippen molar-refractivity contribution in [2.24, 2.45) is 5.73 Å². The number of primary amides is 1. The van der Waals surface area contributed by atoms with Crippen LogP contribution in [0.2, 0.25) is 0 Å². The first-order valence-corrected chi connectivity index (χ1v) is 9.92. The van der Waals surface area contributed by atoms with Gasteiger partial charge in [0.25, 0.3) is 5.91 Å². The van der Waals surface area contributed by atoms with Gasteiger partial charge in [-0.3, -0.25) is 9.59 Å². The first-order chi connectivity index (χ1) is 12.9. The molecule has 1 atom stereocenters. The first kappa shape index (κ1) is 19.1. The largest absolute Gasteiger partial charge is 0.456 e. The van der Waals surface area contributed by atoms with Gasteiger partial charge in [0.15, 0.2) is 6.61 Å². The van der Waals surface area contributed by atoms with Crippen molar-refractivity contribution in [1.82, 2.24) is 4.31 Å². The van der Waals surface area contributed by atoms with Crippen LogP contribution in [0.5, 0.6) is 0 Å². The van der Waals surface area contributed by atoms with Crippen molar-refractivity contribution in [2.45, 2.75) is 23.8 Å². The Labute approximate surface area is 157 Å². The lowest BCUT2D eigenvalue weighted by Crippen LogP contribution is -2.41. The third-order valence-corrected chi connectivity index (χ3v) is 6.37. The zero-order valence-electron chi connectivity index (χ0n) is 14.6. The number of fused-ring (bicyclic) bond motifs is 1. The fourth-order valence-electron chi connectivity index (χ4n) is 3.22. The summed E-state index contributed by atoms with van der Waals surface area (Å²) in [6, 6.07) is 14.8. The van der Waals surface area contributed by atoms with Gasteiger partial charge in [-0.15, -0.1) is 0 Å². The minimum Gasteiger partial charge on any atom is -0.456 e. The van der Waals surface area contributed by atoms with Gasteiger partial charge >= 0.3 is 5.97 Å². The van der Waals surface area contributed by atoms with Crippen LogP contribution in [0, 0.1) is 0 Å². The molecule has 0 aromatic heterocycles. The van der Waals surface area contributed by atoms with E-state index in [4.69, 9.17) is 10.5 Å². The van der Waals surface area contributed by atoms with E-state index in [0.717, 1.165) is 11.1 Å². The fraction of sp³-hybridized carbons (Fsp3) is 0.263. The number of hydrogen-bond acceptors (Lipinski definition) is 5. The summed E-state index contributed by atoms with van der Waals surface area (Å²) in [5.74, 6) is -1.44. The molecule has 0 spiro atoms. The molecule has 0 aliphatic carbocycles. The quantitative estimate of drug-likeness (QED) is 0.753. The lowest BCUT2D eigenvalue weighted by Gasteiger charge is -2.36. The van der Waals surface area contributed by atoms with E-state index in [2.05, 4.69) is 0 Å². The molecule has 0 radical (unpaired) electrons. The zero-order valence-corrected chi connectivity index (χ0v) is 15.4. The molecule has 8 heteroatoms. The number of esters is 1. The number of benzene rings is 2. The topological polar surface area (TPSA) is 107 Å². The second-order valence-corrected chi connectivity index (χ2v) is 8.12. The highest BCUT2D eigenvalue weighted by Gasteiger charge is 2.37. The third-order valence-electron chi connectivity index (χ3n) is 4.45. The van der Waals surface area contributed by atoms with Crippen LogP contribution in [-0.2, 0) is 30.8 Å². The molecule has 1 amide bonds. The Hall–Kier alpha value is -2.71. The predicted molar refractivity (Wildman–Crippen MR) is 98.0 cm³/mol. The molecule has 0 bridgehead atoms. The summed E-state index contributed by atoms with van der Waals surface area (Å²) in [7, 11) is -3.80. The normalized spacial score (nSPS) is 17.1. The van der Waals surface area contributed by atoms with Crippen molar-refractivity contribution in [2.75, 3.05) is 13.2 Å². The highest BCUT2D eigenvalue weighted by Crippen LogP contribution is 2.36. The fourth-order valence-corrected chi connectivity index (χ4v) is 4.85. The van der Waals surface area contributed by atoms with Crippen LogP contribution in [0.15, 0.2) is 59.5 Å². The molecule has 1 unspecified atom stereocenters. The van der Waals surface area contributed by atoms with Crippen molar-refractivity contribution in [3.05, 3.63) is 65.7 Å². The molecule has 0 saturated carbocycles. The zero-order chi connectivity index (χ0) is 19.4. The average Bonchev–Trinajstić information content (AvgIpc) is 2.67. The number of ether oxygens (including phenoxy) is 1. The van der Waals surface area contributed by atoms with Crippen LogP contribution in [0.3, 0.4) is 0 Å². The van der Waals surface area contributed by atoms with Crippen molar-refractivity contribution in [3.8, 4) is 0 Å². The van der Waals surface area contributed by atoms with Crippen LogP contribution in [0.25, 0.3) is 0 Å². The minimum absolute atomic E-state index is 0.167. The molecular formula is C19H20N2O5S. The molecule has 0 fully saturated rings. The van der Waals surface area contributed by atoms with Crippen LogP contribution >= 0.6 is 0 Å². The number of sulfonamides is 1. The molecule has 1 aliphatic rings. The van der Waals surface area contributed by atoms with E-state index >= 15 is 0 Å². The number of rotatable bonds is 6. The van der Waals surface area contributed by atoms with E-state index in [0.29, 0.717) is 6.42 Å². The second kappa shape index (κ2) is 7.89. The standard InChI is InChI=1S/C19H20N2O5S/c20-18(22)13-26-19(23)12-17-16-9-5-4-6-14(16)10-11-21(17)27(24,25)15-7-2-1-3-8-15/h1-9,17H,10-13H2,(H2,20,22). The average molecular weight is 388 g/mol. The SMILES string of the molecule is NC(=O)COC(=O)CC1c2ccccc2CCN1S(=O)(=O)c1ccccc1. The number of amides is 1. The van der Waals surface area contributed by atoms with Gasteiger partial charge in [-0.25, -0.2) is 8.42 Å². The van der Waals surface area contributed by atoms with Gasteiger partial charge in [-0.2, -0.15) is 4.31 Å². The number of carbonyl (C=O) groups is 2. The Morgan fingerprint density at radius 1 is 1.07 bits per heavy atom. The number of nitrogens with zero attached hydrogens (tertiary/aromatic N) is 1. The van der Waals surface area contributed by atoms with Crippen LogP contribution in [0.4, 0.5) is 0 Å². The Balaban J connectivity index is 1.95. The van der Waals surface area contributed by atoms with Crippen LogP contribution in [-0.4, -0.2) is 37.8 Å². The van der Waals surface area contributed by atoms with Crippen LogP contribution in [0.1, 0.15) is 23.6 Å². The van der Waals surface area contributed by atoms with E-state index in [1.165, 1.54) is 16.4 Å². The van der Waals surface area contributed by atoms with Gasteiger partial charge in [-0.05, 0) is 29.7 Å². The number of hydrogen-bond donors (Lipinski definition) is 1. The van der Waals surface area contributed by atoms with Gasteiger partial charge in [0, 0.05) is 6.54 Å². The molecule has 142 valence electrons. The Morgan fingerprint density at radius 3 is 2.44 bits per heavy atom. The number of nitrogens with two attached hydrogens (primary N) is 1. The van der Waals surface area contributed by atoms with Crippen molar-refractivity contribution in [3.63, 3.8) is 0 Å². The summed E-state index contributed by atoms with van der Waals surface area (Å²) >= 11 is 0. The number of carbonyl (C=O) groups excluding carboxylic acids is 2. The highest BCUT2D eigenvalue weighted by atomic mass is 32.2. The van der Waals surface area contributed by atoms with Gasteiger partial charge in [-0.1, -0.05) is 42.5 Å². The summed E-state index contributed by atoms with van der Waals surface area (Å²) in [4.78, 5) is 23.2. The Kier molecular flexibility index (Phi) is 5.57. The molecule has 27 heavy (non-hydrogen) atoms. The summed E-state index contributed by atoms with van der Waals surface area (Å²) < 4.78 is 32.5. The molecular weight excluding hydrogens is 368 g/mol. The molecule has 1 heterocycles. The smallest absolute Gasteiger partial charge is 0.308 e. The van der Waals surface area contributed by atoms with Crippen molar-refractivity contribution < 1.29 is 22.7 Å². The molecule has 0 saturated heterocycles. The Bertz CT molecular complexity index is 944. The van der Waals surface area contributed by atoms with Gasteiger partial charge in [0.1, 0.15) is 0 Å². The third kappa shape index (κ3) is 4.17. The summed E-state index contributed by atoms with van der Waals surface area (Å²) in [5, 5.41) is 0. The minimum atomic E-state index is -3.80. The molecule has 3 rings (SSSR count).